The molecule has 1 aliphatic heterocycles. The molecule has 0 saturated carbocycles. The number of nitrogens with zero attached hydrogens (tertiary/aromatic N) is 2. The number of guanidine groups is 1. The van der Waals surface area contributed by atoms with E-state index in [1.807, 2.05) is 25.7 Å². The average molecular weight is 381 g/mol. The normalized spacial score (nSPS) is 18.5. The van der Waals surface area contributed by atoms with E-state index in [-0.39, 0.29) is 6.09 Å². The highest BCUT2D eigenvalue weighted by Crippen LogP contribution is 2.19. The number of thiophene rings is 1. The van der Waals surface area contributed by atoms with E-state index in [4.69, 9.17) is 4.74 Å². The van der Waals surface area contributed by atoms with Crippen molar-refractivity contribution in [1.29, 1.82) is 0 Å². The molecule has 2 heterocycles. The Balaban J connectivity index is 1.83. The van der Waals surface area contributed by atoms with Crippen LogP contribution < -0.4 is 10.6 Å². The summed E-state index contributed by atoms with van der Waals surface area (Å²) in [5, 5.41) is 10.9. The summed E-state index contributed by atoms with van der Waals surface area (Å²) in [6, 6.07) is 2.09. The molecule has 0 aromatic carbocycles. The Bertz CT molecular complexity index is 581. The number of hydrogen-bond donors (Lipinski definition) is 2. The van der Waals surface area contributed by atoms with Gasteiger partial charge in [0.25, 0.3) is 0 Å². The molecule has 146 valence electrons. The minimum atomic E-state index is -0.450. The van der Waals surface area contributed by atoms with E-state index < -0.39 is 5.60 Å². The third-order valence-corrected chi connectivity index (χ3v) is 4.80. The van der Waals surface area contributed by atoms with Gasteiger partial charge in [-0.05, 0) is 68.8 Å². The summed E-state index contributed by atoms with van der Waals surface area (Å²) < 4.78 is 5.50. The van der Waals surface area contributed by atoms with Gasteiger partial charge in [0, 0.05) is 26.2 Å². The first-order valence-electron chi connectivity index (χ1n) is 9.38. The standard InChI is InChI=1S/C19H32N4O2S/c1-5-20-17(22-12-16-8-10-26-14-16)21-11-15-7-6-9-23(13-15)18(24)25-19(2,3)4/h8,10,14-15H,5-7,9,11-13H2,1-4H3,(H2,20,21,22). The van der Waals surface area contributed by atoms with Crippen LogP contribution in [0.15, 0.2) is 21.8 Å². The van der Waals surface area contributed by atoms with E-state index in [1.165, 1.54) is 5.56 Å². The molecular weight excluding hydrogens is 348 g/mol. The van der Waals surface area contributed by atoms with Gasteiger partial charge in [0.05, 0.1) is 6.54 Å². The molecular formula is C19H32N4O2S. The molecule has 26 heavy (non-hydrogen) atoms. The Labute approximate surface area is 161 Å². The predicted molar refractivity (Wildman–Crippen MR) is 108 cm³/mol. The van der Waals surface area contributed by atoms with Crippen molar-refractivity contribution in [3.63, 3.8) is 0 Å². The topological polar surface area (TPSA) is 66.0 Å². The summed E-state index contributed by atoms with van der Waals surface area (Å²) in [4.78, 5) is 18.8. The van der Waals surface area contributed by atoms with Crippen LogP contribution in [0.1, 0.15) is 46.1 Å². The van der Waals surface area contributed by atoms with E-state index in [0.717, 1.165) is 45.0 Å². The lowest BCUT2D eigenvalue weighted by Crippen LogP contribution is -2.47. The molecule has 0 radical (unpaired) electrons. The Morgan fingerprint density at radius 1 is 1.42 bits per heavy atom. The Kier molecular flexibility index (Phi) is 7.75. The number of aliphatic imine (C=N–C) groups is 1. The highest BCUT2D eigenvalue weighted by Gasteiger charge is 2.27. The van der Waals surface area contributed by atoms with E-state index in [0.29, 0.717) is 12.5 Å². The number of amides is 1. The maximum atomic E-state index is 12.3. The van der Waals surface area contributed by atoms with Gasteiger partial charge in [-0.1, -0.05) is 0 Å². The zero-order valence-corrected chi connectivity index (χ0v) is 17.2. The molecule has 1 saturated heterocycles. The second kappa shape index (κ2) is 9.80. The van der Waals surface area contributed by atoms with Gasteiger partial charge in [-0.25, -0.2) is 9.79 Å². The van der Waals surface area contributed by atoms with Crippen LogP contribution in [0.4, 0.5) is 4.79 Å². The van der Waals surface area contributed by atoms with E-state index in [2.05, 4.69) is 39.4 Å². The Morgan fingerprint density at radius 2 is 2.23 bits per heavy atom. The summed E-state index contributed by atoms with van der Waals surface area (Å²) >= 11 is 1.69. The second-order valence-corrected chi connectivity index (χ2v) is 8.42. The number of piperidine rings is 1. The van der Waals surface area contributed by atoms with E-state index in [9.17, 15) is 4.79 Å². The third-order valence-electron chi connectivity index (χ3n) is 4.07. The minimum Gasteiger partial charge on any atom is -0.444 e. The summed E-state index contributed by atoms with van der Waals surface area (Å²) in [5.41, 5.74) is 0.774. The summed E-state index contributed by atoms with van der Waals surface area (Å²) in [7, 11) is 0. The minimum absolute atomic E-state index is 0.208. The van der Waals surface area contributed by atoms with Crippen LogP contribution in [0.3, 0.4) is 0 Å². The summed E-state index contributed by atoms with van der Waals surface area (Å²) in [5.74, 6) is 1.23. The van der Waals surface area contributed by atoms with Crippen molar-refractivity contribution in [3.8, 4) is 0 Å². The lowest BCUT2D eigenvalue weighted by Gasteiger charge is -2.34. The van der Waals surface area contributed by atoms with Crippen molar-refractivity contribution in [2.24, 2.45) is 10.9 Å². The van der Waals surface area contributed by atoms with Crippen LogP contribution in [-0.2, 0) is 11.3 Å². The second-order valence-electron chi connectivity index (χ2n) is 7.64. The summed E-state index contributed by atoms with van der Waals surface area (Å²) in [6.07, 6.45) is 1.91. The Morgan fingerprint density at radius 3 is 2.88 bits per heavy atom. The lowest BCUT2D eigenvalue weighted by molar-refractivity contribution is 0.0168. The highest BCUT2D eigenvalue weighted by molar-refractivity contribution is 7.07. The van der Waals surface area contributed by atoms with Gasteiger partial charge in [0.1, 0.15) is 5.60 Å². The molecule has 1 fully saturated rings. The third kappa shape index (κ3) is 7.23. The fraction of sp³-hybridized carbons (Fsp3) is 0.684. The van der Waals surface area contributed by atoms with Gasteiger partial charge in [0.2, 0.25) is 0 Å². The molecule has 1 amide bonds. The molecule has 1 aliphatic rings. The zero-order chi connectivity index (χ0) is 19.0. The maximum Gasteiger partial charge on any atom is 0.410 e. The van der Waals surface area contributed by atoms with Crippen LogP contribution in [0, 0.1) is 5.92 Å². The van der Waals surface area contributed by atoms with Gasteiger partial charge < -0.3 is 20.3 Å². The number of likely N-dealkylation sites (tertiary alicyclic amines) is 1. The Hall–Kier alpha value is -1.76. The van der Waals surface area contributed by atoms with Gasteiger partial charge in [-0.3, -0.25) is 0 Å². The molecule has 0 spiro atoms. The molecule has 6 nitrogen and oxygen atoms in total. The quantitative estimate of drug-likeness (QED) is 0.606. The molecule has 0 bridgehead atoms. The maximum absolute atomic E-state index is 12.3. The van der Waals surface area contributed by atoms with E-state index >= 15 is 0 Å². The van der Waals surface area contributed by atoms with Crippen LogP contribution in [0.2, 0.25) is 0 Å². The smallest absolute Gasteiger partial charge is 0.410 e. The molecule has 1 aromatic rings. The van der Waals surface area contributed by atoms with Gasteiger partial charge in [-0.2, -0.15) is 11.3 Å². The van der Waals surface area contributed by atoms with Gasteiger partial charge >= 0.3 is 6.09 Å². The van der Waals surface area contributed by atoms with E-state index in [1.54, 1.807) is 11.3 Å². The molecule has 2 N–H and O–H groups in total. The number of nitrogens with one attached hydrogen (secondary N) is 2. The van der Waals surface area contributed by atoms with Crippen molar-refractivity contribution >= 4 is 23.4 Å². The molecule has 0 aliphatic carbocycles. The highest BCUT2D eigenvalue weighted by atomic mass is 32.1. The summed E-state index contributed by atoms with van der Waals surface area (Å²) in [6.45, 7) is 11.6. The van der Waals surface area contributed by atoms with Crippen LogP contribution in [-0.4, -0.2) is 48.7 Å². The van der Waals surface area contributed by atoms with Crippen molar-refractivity contribution < 1.29 is 9.53 Å². The number of rotatable bonds is 5. The number of hydrogen-bond acceptors (Lipinski definition) is 4. The van der Waals surface area contributed by atoms with Crippen molar-refractivity contribution in [3.05, 3.63) is 22.4 Å². The van der Waals surface area contributed by atoms with Crippen LogP contribution in [0.25, 0.3) is 0 Å². The number of carbonyl (C=O) groups excluding carboxylic acids is 1. The molecule has 1 unspecified atom stereocenters. The lowest BCUT2D eigenvalue weighted by atomic mass is 9.98. The fourth-order valence-corrected chi connectivity index (χ4v) is 3.52. The van der Waals surface area contributed by atoms with Crippen molar-refractivity contribution in [2.45, 2.75) is 52.7 Å². The van der Waals surface area contributed by atoms with Crippen molar-refractivity contribution in [2.75, 3.05) is 26.2 Å². The van der Waals surface area contributed by atoms with Crippen LogP contribution in [0.5, 0.6) is 0 Å². The first kappa shape index (κ1) is 20.6. The molecule has 7 heteroatoms. The van der Waals surface area contributed by atoms with Crippen LogP contribution >= 0.6 is 11.3 Å². The first-order valence-corrected chi connectivity index (χ1v) is 10.3. The predicted octanol–water partition coefficient (Wildman–Crippen LogP) is 3.45. The molecule has 1 atom stereocenters. The van der Waals surface area contributed by atoms with Gasteiger partial charge in [-0.15, -0.1) is 0 Å². The average Bonchev–Trinajstić information content (AvgIpc) is 3.09. The first-order chi connectivity index (χ1) is 12.4. The van der Waals surface area contributed by atoms with Gasteiger partial charge in [0.15, 0.2) is 5.96 Å². The monoisotopic (exact) mass is 380 g/mol. The number of ether oxygens (including phenoxy) is 1. The fourth-order valence-electron chi connectivity index (χ4n) is 2.86. The molecule has 2 rings (SSSR count). The zero-order valence-electron chi connectivity index (χ0n) is 16.4. The SMILES string of the molecule is CCNC(=NCc1ccsc1)NCC1CCCN(C(=O)OC(C)(C)C)C1. The molecule has 1 aromatic heterocycles. The largest absolute Gasteiger partial charge is 0.444 e. The van der Waals surface area contributed by atoms with Crippen molar-refractivity contribution in [1.82, 2.24) is 15.5 Å². The number of carbonyl (C=O) groups is 1.